The van der Waals surface area contributed by atoms with Gasteiger partial charge >= 0.3 is 11.9 Å². The number of ether oxygens (including phenoxy) is 1. The van der Waals surface area contributed by atoms with Crippen LogP contribution in [0.15, 0.2) is 0 Å². The Kier molecular flexibility index (Phi) is 8.32. The molecule has 6 nitrogen and oxygen atoms in total. The van der Waals surface area contributed by atoms with E-state index in [0.717, 1.165) is 11.8 Å². The average molecular weight is 249 g/mol. The van der Waals surface area contributed by atoms with Crippen LogP contribution in [-0.4, -0.2) is 47.6 Å². The normalized spacial score (nSPS) is 9.56. The van der Waals surface area contributed by atoms with E-state index < -0.39 is 5.97 Å². The molecule has 0 radical (unpaired) electrons. The number of esters is 1. The van der Waals surface area contributed by atoms with Crippen LogP contribution >= 0.6 is 11.8 Å². The molecule has 0 rings (SSSR count). The lowest BCUT2D eigenvalue weighted by Gasteiger charge is -2.04. The predicted octanol–water partition coefficient (Wildman–Crippen LogP) is -0.126. The Hall–Kier alpha value is -1.24. The molecule has 0 aliphatic carbocycles. The van der Waals surface area contributed by atoms with Crippen LogP contribution in [0, 0.1) is 0 Å². The van der Waals surface area contributed by atoms with Crippen LogP contribution in [0.3, 0.4) is 0 Å². The van der Waals surface area contributed by atoms with Gasteiger partial charge < -0.3 is 15.2 Å². The van der Waals surface area contributed by atoms with E-state index in [1.165, 1.54) is 6.92 Å². The Bertz CT molecular complexity index is 232. The van der Waals surface area contributed by atoms with Crippen molar-refractivity contribution < 1.29 is 24.2 Å². The third-order valence-electron chi connectivity index (χ3n) is 1.42. The fourth-order valence-corrected chi connectivity index (χ4v) is 1.41. The van der Waals surface area contributed by atoms with E-state index in [0.29, 0.717) is 12.3 Å². The summed E-state index contributed by atoms with van der Waals surface area (Å²) >= 11 is 1.16. The number of carboxylic acid groups (broad SMARTS) is 1. The van der Waals surface area contributed by atoms with Crippen molar-refractivity contribution >= 4 is 29.6 Å². The summed E-state index contributed by atoms with van der Waals surface area (Å²) in [6.45, 7) is 1.82. The van der Waals surface area contributed by atoms with E-state index in [-0.39, 0.29) is 30.7 Å². The van der Waals surface area contributed by atoms with Crippen LogP contribution in [0.4, 0.5) is 0 Å². The highest BCUT2D eigenvalue weighted by Gasteiger charge is 2.04. The number of aliphatic carboxylic acids is 1. The first-order valence-corrected chi connectivity index (χ1v) is 5.87. The summed E-state index contributed by atoms with van der Waals surface area (Å²) in [5.74, 6) is -1.05. The minimum Gasteiger partial charge on any atom is -0.481 e. The Morgan fingerprint density at radius 2 is 2.06 bits per heavy atom. The molecule has 7 heteroatoms. The van der Waals surface area contributed by atoms with Gasteiger partial charge in [-0.25, -0.2) is 0 Å². The fraction of sp³-hybridized carbons (Fsp3) is 0.667. The molecule has 0 aliphatic heterocycles. The SMILES string of the molecule is CC(=O)NCCOC(=O)CCSCC(=O)O. The lowest BCUT2D eigenvalue weighted by atomic mass is 10.5. The number of carboxylic acids is 1. The second kappa shape index (κ2) is 9.02. The average Bonchev–Trinajstić information content (AvgIpc) is 2.19. The molecule has 0 atom stereocenters. The monoisotopic (exact) mass is 249 g/mol. The van der Waals surface area contributed by atoms with Crippen molar-refractivity contribution in [1.82, 2.24) is 5.32 Å². The number of thioether (sulfide) groups is 1. The van der Waals surface area contributed by atoms with E-state index in [2.05, 4.69) is 5.32 Å². The molecule has 0 unspecified atom stereocenters. The highest BCUT2D eigenvalue weighted by atomic mass is 32.2. The van der Waals surface area contributed by atoms with E-state index in [4.69, 9.17) is 9.84 Å². The van der Waals surface area contributed by atoms with Crippen LogP contribution in [0.5, 0.6) is 0 Å². The largest absolute Gasteiger partial charge is 0.481 e. The first kappa shape index (κ1) is 14.8. The third kappa shape index (κ3) is 10.8. The molecule has 2 N–H and O–H groups in total. The van der Waals surface area contributed by atoms with Gasteiger partial charge in [-0.15, -0.1) is 11.8 Å². The van der Waals surface area contributed by atoms with Crippen LogP contribution in [0.25, 0.3) is 0 Å². The Balaban J connectivity index is 3.31. The van der Waals surface area contributed by atoms with Gasteiger partial charge in [-0.3, -0.25) is 14.4 Å². The van der Waals surface area contributed by atoms with Gasteiger partial charge in [0.15, 0.2) is 0 Å². The second-order valence-corrected chi connectivity index (χ2v) is 4.00. The Morgan fingerprint density at radius 1 is 1.38 bits per heavy atom. The summed E-state index contributed by atoms with van der Waals surface area (Å²) in [7, 11) is 0. The molecule has 0 heterocycles. The lowest BCUT2D eigenvalue weighted by Crippen LogP contribution is -2.25. The third-order valence-corrected chi connectivity index (χ3v) is 2.36. The molecule has 0 saturated carbocycles. The first-order chi connectivity index (χ1) is 7.52. The Labute approximate surface area is 97.7 Å². The number of hydrogen-bond donors (Lipinski definition) is 2. The van der Waals surface area contributed by atoms with Crippen molar-refractivity contribution in [2.75, 3.05) is 24.7 Å². The van der Waals surface area contributed by atoms with Crippen LogP contribution in [0.2, 0.25) is 0 Å². The zero-order chi connectivity index (χ0) is 12.4. The lowest BCUT2D eigenvalue weighted by molar-refractivity contribution is -0.143. The molecular weight excluding hydrogens is 234 g/mol. The van der Waals surface area contributed by atoms with Gasteiger partial charge in [0.25, 0.3) is 0 Å². The molecular formula is C9H15NO5S. The van der Waals surface area contributed by atoms with Crippen LogP contribution in [-0.2, 0) is 19.1 Å². The minimum absolute atomic E-state index is 0.0147. The summed E-state index contributed by atoms with van der Waals surface area (Å²) in [6.07, 6.45) is 0.179. The summed E-state index contributed by atoms with van der Waals surface area (Å²) in [6, 6.07) is 0. The molecule has 0 bridgehead atoms. The molecule has 0 aromatic heterocycles. The molecule has 0 aromatic rings. The molecule has 0 fully saturated rings. The van der Waals surface area contributed by atoms with E-state index in [1.54, 1.807) is 0 Å². The summed E-state index contributed by atoms with van der Waals surface area (Å²) in [4.78, 5) is 31.6. The van der Waals surface area contributed by atoms with Gasteiger partial charge in [0.05, 0.1) is 18.7 Å². The molecule has 0 spiro atoms. The van der Waals surface area contributed by atoms with Crippen molar-refractivity contribution in [2.24, 2.45) is 0 Å². The number of amides is 1. The van der Waals surface area contributed by atoms with E-state index in [9.17, 15) is 14.4 Å². The zero-order valence-electron chi connectivity index (χ0n) is 9.02. The summed E-state index contributed by atoms with van der Waals surface area (Å²) in [5, 5.41) is 10.8. The molecule has 92 valence electrons. The maximum atomic E-state index is 11.0. The van der Waals surface area contributed by atoms with Gasteiger partial charge in [0.2, 0.25) is 5.91 Å². The quantitative estimate of drug-likeness (QED) is 0.460. The molecule has 0 saturated heterocycles. The Morgan fingerprint density at radius 3 is 2.62 bits per heavy atom. The van der Waals surface area contributed by atoms with E-state index in [1.807, 2.05) is 0 Å². The zero-order valence-corrected chi connectivity index (χ0v) is 9.84. The van der Waals surface area contributed by atoms with Crippen molar-refractivity contribution in [3.05, 3.63) is 0 Å². The number of nitrogens with one attached hydrogen (secondary N) is 1. The smallest absolute Gasteiger partial charge is 0.313 e. The molecule has 16 heavy (non-hydrogen) atoms. The van der Waals surface area contributed by atoms with Gasteiger partial charge in [0.1, 0.15) is 6.61 Å². The van der Waals surface area contributed by atoms with Crippen LogP contribution < -0.4 is 5.32 Å². The maximum absolute atomic E-state index is 11.0. The van der Waals surface area contributed by atoms with Crippen molar-refractivity contribution in [3.63, 3.8) is 0 Å². The van der Waals surface area contributed by atoms with E-state index >= 15 is 0 Å². The fourth-order valence-electron chi connectivity index (χ4n) is 0.779. The first-order valence-electron chi connectivity index (χ1n) is 4.72. The molecule has 0 aromatic carbocycles. The number of carbonyl (C=O) groups is 3. The predicted molar refractivity (Wildman–Crippen MR) is 59.2 cm³/mol. The highest BCUT2D eigenvalue weighted by molar-refractivity contribution is 7.99. The van der Waals surface area contributed by atoms with Gasteiger partial charge in [0, 0.05) is 12.7 Å². The van der Waals surface area contributed by atoms with Crippen molar-refractivity contribution in [3.8, 4) is 0 Å². The van der Waals surface area contributed by atoms with Crippen molar-refractivity contribution in [1.29, 1.82) is 0 Å². The maximum Gasteiger partial charge on any atom is 0.313 e. The van der Waals surface area contributed by atoms with Crippen molar-refractivity contribution in [2.45, 2.75) is 13.3 Å². The summed E-state index contributed by atoms with van der Waals surface area (Å²) < 4.78 is 4.79. The second-order valence-electron chi connectivity index (χ2n) is 2.90. The van der Waals surface area contributed by atoms with Gasteiger partial charge in [-0.05, 0) is 0 Å². The van der Waals surface area contributed by atoms with Crippen LogP contribution in [0.1, 0.15) is 13.3 Å². The highest BCUT2D eigenvalue weighted by Crippen LogP contribution is 2.02. The number of hydrogen-bond acceptors (Lipinski definition) is 5. The number of rotatable bonds is 8. The topological polar surface area (TPSA) is 92.7 Å². The van der Waals surface area contributed by atoms with Gasteiger partial charge in [-0.1, -0.05) is 0 Å². The summed E-state index contributed by atoms with van der Waals surface area (Å²) in [5.41, 5.74) is 0. The molecule has 1 amide bonds. The number of carbonyl (C=O) groups excluding carboxylic acids is 2. The van der Waals surface area contributed by atoms with Gasteiger partial charge in [-0.2, -0.15) is 0 Å². The minimum atomic E-state index is -0.899. The molecule has 0 aliphatic rings. The standard InChI is InChI=1S/C9H15NO5S/c1-7(11)10-3-4-15-9(14)2-5-16-6-8(12)13/h2-6H2,1H3,(H,10,11)(H,12,13).